The first-order valence-electron chi connectivity index (χ1n) is 12.6. The highest BCUT2D eigenvalue weighted by Gasteiger charge is 2.24. The molecule has 1 atom stereocenters. The number of hydrogen-bond acceptors (Lipinski definition) is 5. The van der Waals surface area contributed by atoms with Crippen molar-refractivity contribution in [1.82, 2.24) is 19.7 Å². The van der Waals surface area contributed by atoms with Crippen molar-refractivity contribution in [1.29, 1.82) is 0 Å². The quantitative estimate of drug-likeness (QED) is 0.160. The van der Waals surface area contributed by atoms with Gasteiger partial charge in [-0.25, -0.2) is 0 Å². The molecule has 2 aromatic heterocycles. The molecule has 5 rings (SSSR count). The minimum atomic E-state index is -0.335. The molecule has 188 valence electrons. The maximum atomic E-state index is 13.3. The van der Waals surface area contributed by atoms with Crippen LogP contribution in [-0.2, 0) is 6.42 Å². The van der Waals surface area contributed by atoms with Crippen molar-refractivity contribution in [3.8, 4) is 22.8 Å². The van der Waals surface area contributed by atoms with E-state index in [9.17, 15) is 4.79 Å². The summed E-state index contributed by atoms with van der Waals surface area (Å²) in [5.74, 6) is 1.59. The Labute approximate surface area is 221 Å². The first kappa shape index (κ1) is 24.8. The Bertz CT molecular complexity index is 1500. The van der Waals surface area contributed by atoms with Crippen molar-refractivity contribution in [2.75, 3.05) is 6.61 Å². The van der Waals surface area contributed by atoms with Crippen molar-refractivity contribution in [3.05, 3.63) is 90.1 Å². The fraction of sp³-hybridized carbons (Fsp3) is 0.233. The van der Waals surface area contributed by atoms with Crippen LogP contribution in [0, 0.1) is 0 Å². The Morgan fingerprint density at radius 2 is 1.76 bits per heavy atom. The number of aromatic amines is 1. The summed E-state index contributed by atoms with van der Waals surface area (Å²) in [6, 6.07) is 24.0. The molecule has 0 radical (unpaired) electrons. The standard InChI is InChI=1S/C30H30N4O2S/c1-4-8-21-11-13-22(14-12-21)28(35)20(3)37-30-33-32-29(26-19-31-27-10-7-6-9-25(26)27)34(30)23-15-17-24(18-16-23)36-5-2/h6-7,9-20,31H,4-5,8H2,1-3H3/t20-/m0/s1. The highest BCUT2D eigenvalue weighted by atomic mass is 32.2. The Morgan fingerprint density at radius 1 is 1.00 bits per heavy atom. The number of para-hydroxylation sites is 1. The fourth-order valence-electron chi connectivity index (χ4n) is 4.44. The number of aromatic nitrogens is 4. The summed E-state index contributed by atoms with van der Waals surface area (Å²) in [5.41, 5.74) is 4.85. The van der Waals surface area contributed by atoms with Crippen molar-refractivity contribution in [2.24, 2.45) is 0 Å². The van der Waals surface area contributed by atoms with Crippen LogP contribution in [0.15, 0.2) is 84.1 Å². The predicted octanol–water partition coefficient (Wildman–Crippen LogP) is 7.13. The summed E-state index contributed by atoms with van der Waals surface area (Å²) >= 11 is 1.42. The molecular formula is C30H30N4O2S. The van der Waals surface area contributed by atoms with Crippen LogP contribution in [0.1, 0.15) is 43.1 Å². The van der Waals surface area contributed by atoms with Gasteiger partial charge in [-0.3, -0.25) is 9.36 Å². The molecule has 0 aliphatic carbocycles. The molecule has 0 aliphatic heterocycles. The number of Topliss-reactive ketones (excluding diaryl/α,β-unsaturated/α-hetero) is 1. The summed E-state index contributed by atoms with van der Waals surface area (Å²) in [6.07, 6.45) is 4.06. The smallest absolute Gasteiger partial charge is 0.196 e. The van der Waals surface area contributed by atoms with Gasteiger partial charge in [0.05, 0.1) is 11.9 Å². The normalized spacial score (nSPS) is 12.1. The van der Waals surface area contributed by atoms with E-state index in [4.69, 9.17) is 4.74 Å². The molecule has 7 heteroatoms. The average Bonchev–Trinajstić information content (AvgIpc) is 3.53. The number of thioether (sulfide) groups is 1. The third-order valence-corrected chi connectivity index (χ3v) is 7.34. The van der Waals surface area contributed by atoms with E-state index in [0.717, 1.165) is 40.7 Å². The number of benzene rings is 3. The van der Waals surface area contributed by atoms with E-state index in [1.165, 1.54) is 17.3 Å². The van der Waals surface area contributed by atoms with Gasteiger partial charge in [0, 0.05) is 33.9 Å². The predicted molar refractivity (Wildman–Crippen MR) is 150 cm³/mol. The molecule has 37 heavy (non-hydrogen) atoms. The molecule has 0 saturated heterocycles. The average molecular weight is 511 g/mol. The molecule has 1 N–H and O–H groups in total. The summed E-state index contributed by atoms with van der Waals surface area (Å²) in [7, 11) is 0. The summed E-state index contributed by atoms with van der Waals surface area (Å²) < 4.78 is 7.66. The van der Waals surface area contributed by atoms with Gasteiger partial charge in [0.25, 0.3) is 0 Å². The van der Waals surface area contributed by atoms with Gasteiger partial charge in [0.15, 0.2) is 16.8 Å². The van der Waals surface area contributed by atoms with E-state index in [2.05, 4.69) is 28.2 Å². The Kier molecular flexibility index (Phi) is 7.42. The zero-order valence-electron chi connectivity index (χ0n) is 21.3. The molecule has 0 aliphatic rings. The molecule has 0 bridgehead atoms. The van der Waals surface area contributed by atoms with Gasteiger partial charge in [0.2, 0.25) is 0 Å². The third-order valence-electron chi connectivity index (χ3n) is 6.30. The van der Waals surface area contributed by atoms with E-state index >= 15 is 0 Å². The summed E-state index contributed by atoms with van der Waals surface area (Å²) in [6.45, 7) is 6.65. The lowest BCUT2D eigenvalue weighted by atomic mass is 10.0. The number of H-pyrrole nitrogens is 1. The Hall–Kier alpha value is -3.84. The molecule has 0 saturated carbocycles. The Balaban J connectivity index is 1.51. The molecule has 0 amide bonds. The van der Waals surface area contributed by atoms with E-state index in [1.807, 2.05) is 91.3 Å². The second-order valence-corrected chi connectivity index (χ2v) is 10.2. The Morgan fingerprint density at radius 3 is 2.49 bits per heavy atom. The van der Waals surface area contributed by atoms with Crippen molar-refractivity contribution in [2.45, 2.75) is 44.0 Å². The van der Waals surface area contributed by atoms with E-state index in [-0.39, 0.29) is 11.0 Å². The molecule has 0 fully saturated rings. The van der Waals surface area contributed by atoms with Gasteiger partial charge >= 0.3 is 0 Å². The molecular weight excluding hydrogens is 480 g/mol. The van der Waals surface area contributed by atoms with Crippen LogP contribution in [0.25, 0.3) is 28.0 Å². The number of ether oxygens (including phenoxy) is 1. The number of carbonyl (C=O) groups is 1. The number of rotatable bonds is 10. The van der Waals surface area contributed by atoms with Crippen LogP contribution in [0.3, 0.4) is 0 Å². The van der Waals surface area contributed by atoms with Crippen LogP contribution in [0.2, 0.25) is 0 Å². The summed E-state index contributed by atoms with van der Waals surface area (Å²) in [5, 5.41) is 10.5. The monoisotopic (exact) mass is 510 g/mol. The van der Waals surface area contributed by atoms with E-state index in [0.29, 0.717) is 23.2 Å². The van der Waals surface area contributed by atoms with Gasteiger partial charge in [-0.1, -0.05) is 67.6 Å². The largest absolute Gasteiger partial charge is 0.494 e. The van der Waals surface area contributed by atoms with Gasteiger partial charge in [-0.15, -0.1) is 10.2 Å². The van der Waals surface area contributed by atoms with Crippen molar-refractivity contribution in [3.63, 3.8) is 0 Å². The van der Waals surface area contributed by atoms with Crippen LogP contribution < -0.4 is 4.74 Å². The molecule has 0 spiro atoms. The maximum Gasteiger partial charge on any atom is 0.196 e. The third kappa shape index (κ3) is 5.18. The number of nitrogens with zero attached hydrogens (tertiary/aromatic N) is 3. The second-order valence-electron chi connectivity index (χ2n) is 8.89. The van der Waals surface area contributed by atoms with Crippen LogP contribution in [0.5, 0.6) is 5.75 Å². The lowest BCUT2D eigenvalue weighted by Crippen LogP contribution is -2.14. The lowest BCUT2D eigenvalue weighted by Gasteiger charge is -2.14. The number of nitrogens with one attached hydrogen (secondary N) is 1. The number of hydrogen-bond donors (Lipinski definition) is 1. The maximum absolute atomic E-state index is 13.3. The lowest BCUT2D eigenvalue weighted by molar-refractivity contribution is 0.0994. The minimum absolute atomic E-state index is 0.0722. The molecule has 6 nitrogen and oxygen atoms in total. The zero-order valence-corrected chi connectivity index (χ0v) is 22.1. The SMILES string of the molecule is CCCc1ccc(C(=O)[C@H](C)Sc2nnc(-c3c[nH]c4ccccc34)n2-c2ccc(OCC)cc2)cc1. The molecule has 2 heterocycles. The van der Waals surface area contributed by atoms with Gasteiger partial charge < -0.3 is 9.72 Å². The first-order chi connectivity index (χ1) is 18.1. The van der Waals surface area contributed by atoms with Crippen LogP contribution in [0.4, 0.5) is 0 Å². The molecule has 0 unspecified atom stereocenters. The number of aryl methyl sites for hydroxylation is 1. The minimum Gasteiger partial charge on any atom is -0.494 e. The first-order valence-corrected chi connectivity index (χ1v) is 13.5. The van der Waals surface area contributed by atoms with Gasteiger partial charge in [-0.05, 0) is 56.2 Å². The van der Waals surface area contributed by atoms with Crippen LogP contribution >= 0.6 is 11.8 Å². The zero-order chi connectivity index (χ0) is 25.8. The molecule has 3 aromatic carbocycles. The number of ketones is 1. The second kappa shape index (κ2) is 11.0. The highest BCUT2D eigenvalue weighted by molar-refractivity contribution is 8.00. The van der Waals surface area contributed by atoms with Gasteiger partial charge in [0.1, 0.15) is 5.75 Å². The highest BCUT2D eigenvalue weighted by Crippen LogP contribution is 2.34. The topological polar surface area (TPSA) is 72.8 Å². The van der Waals surface area contributed by atoms with E-state index < -0.39 is 0 Å². The van der Waals surface area contributed by atoms with Crippen molar-refractivity contribution < 1.29 is 9.53 Å². The number of carbonyl (C=O) groups excluding carboxylic acids is 1. The van der Waals surface area contributed by atoms with Crippen molar-refractivity contribution >= 4 is 28.4 Å². The summed E-state index contributed by atoms with van der Waals surface area (Å²) in [4.78, 5) is 16.6. The van der Waals surface area contributed by atoms with Crippen LogP contribution in [-0.4, -0.2) is 37.4 Å². The van der Waals surface area contributed by atoms with Gasteiger partial charge in [-0.2, -0.15) is 0 Å². The molecule has 5 aromatic rings. The number of fused-ring (bicyclic) bond motifs is 1. The van der Waals surface area contributed by atoms with E-state index in [1.54, 1.807) is 0 Å². The fourth-order valence-corrected chi connectivity index (χ4v) is 5.38.